The molecule has 28 heavy (non-hydrogen) atoms. The van der Waals surface area contributed by atoms with Gasteiger partial charge in [-0.05, 0) is 42.5 Å². The van der Waals surface area contributed by atoms with Crippen LogP contribution in [0.5, 0.6) is 5.75 Å². The molecule has 0 radical (unpaired) electrons. The second kappa shape index (κ2) is 8.37. The van der Waals surface area contributed by atoms with Crippen molar-refractivity contribution in [3.8, 4) is 5.75 Å². The standard InChI is InChI=1S/C20H19N3O4S/c24-19(23-7-9-26-10-8-23)12-27-16-4-1-14(2-5-16)20(25)22-15-3-6-18-17(11-15)21-13-28-18/h1-6,11,13H,7-10,12H2,(H,22,25). The van der Waals surface area contributed by atoms with E-state index in [4.69, 9.17) is 9.47 Å². The largest absolute Gasteiger partial charge is 0.484 e. The molecular formula is C20H19N3O4S. The Bertz CT molecular complexity index is 981. The van der Waals surface area contributed by atoms with Gasteiger partial charge in [-0.2, -0.15) is 0 Å². The van der Waals surface area contributed by atoms with Gasteiger partial charge < -0.3 is 19.7 Å². The molecule has 3 aromatic rings. The number of ether oxygens (including phenoxy) is 2. The lowest BCUT2D eigenvalue weighted by Crippen LogP contribution is -2.42. The Morgan fingerprint density at radius 2 is 1.93 bits per heavy atom. The smallest absolute Gasteiger partial charge is 0.260 e. The third kappa shape index (κ3) is 4.29. The lowest BCUT2D eigenvalue weighted by atomic mass is 10.2. The molecule has 0 aliphatic carbocycles. The van der Waals surface area contributed by atoms with E-state index in [1.54, 1.807) is 46.0 Å². The molecule has 144 valence electrons. The Hall–Kier alpha value is -2.97. The van der Waals surface area contributed by atoms with E-state index in [0.29, 0.717) is 43.3 Å². The molecule has 0 saturated carbocycles. The second-order valence-electron chi connectivity index (χ2n) is 6.30. The SMILES string of the molecule is O=C(Nc1ccc2scnc2c1)c1ccc(OCC(=O)N2CCOCC2)cc1. The number of carbonyl (C=O) groups excluding carboxylic acids is 2. The number of thiazole rings is 1. The van der Waals surface area contributed by atoms with Gasteiger partial charge in [0, 0.05) is 24.3 Å². The summed E-state index contributed by atoms with van der Waals surface area (Å²) in [5, 5.41) is 2.87. The molecule has 4 rings (SSSR count). The Labute approximate surface area is 165 Å². The van der Waals surface area contributed by atoms with Crippen molar-refractivity contribution in [3.63, 3.8) is 0 Å². The van der Waals surface area contributed by atoms with Crippen LogP contribution in [-0.2, 0) is 9.53 Å². The molecule has 1 saturated heterocycles. The summed E-state index contributed by atoms with van der Waals surface area (Å²) < 4.78 is 11.8. The highest BCUT2D eigenvalue weighted by Gasteiger charge is 2.17. The van der Waals surface area contributed by atoms with Crippen LogP contribution < -0.4 is 10.1 Å². The number of fused-ring (bicyclic) bond motifs is 1. The molecule has 1 N–H and O–H groups in total. The van der Waals surface area contributed by atoms with Gasteiger partial charge in [-0.1, -0.05) is 0 Å². The molecule has 1 aromatic heterocycles. The number of morpholine rings is 1. The summed E-state index contributed by atoms with van der Waals surface area (Å²) in [5.74, 6) is 0.259. The number of aromatic nitrogens is 1. The molecule has 1 aliphatic heterocycles. The van der Waals surface area contributed by atoms with Gasteiger partial charge >= 0.3 is 0 Å². The van der Waals surface area contributed by atoms with Crippen LogP contribution in [0, 0.1) is 0 Å². The zero-order valence-corrected chi connectivity index (χ0v) is 15.9. The van der Waals surface area contributed by atoms with E-state index in [9.17, 15) is 9.59 Å². The van der Waals surface area contributed by atoms with Crippen molar-refractivity contribution in [1.29, 1.82) is 0 Å². The van der Waals surface area contributed by atoms with Crippen LogP contribution in [0.25, 0.3) is 10.2 Å². The van der Waals surface area contributed by atoms with Crippen LogP contribution in [0.4, 0.5) is 5.69 Å². The Balaban J connectivity index is 1.33. The van der Waals surface area contributed by atoms with Gasteiger partial charge in [-0.25, -0.2) is 4.98 Å². The first-order valence-electron chi connectivity index (χ1n) is 8.92. The van der Waals surface area contributed by atoms with Crippen molar-refractivity contribution in [2.75, 3.05) is 38.2 Å². The lowest BCUT2D eigenvalue weighted by Gasteiger charge is -2.26. The summed E-state index contributed by atoms with van der Waals surface area (Å²) in [7, 11) is 0. The minimum atomic E-state index is -0.217. The van der Waals surface area contributed by atoms with Gasteiger partial charge in [0.25, 0.3) is 11.8 Å². The Kier molecular flexibility index (Phi) is 5.50. The fourth-order valence-electron chi connectivity index (χ4n) is 2.89. The molecule has 2 aromatic carbocycles. The van der Waals surface area contributed by atoms with E-state index in [1.807, 2.05) is 18.2 Å². The van der Waals surface area contributed by atoms with Crippen molar-refractivity contribution in [1.82, 2.24) is 9.88 Å². The van der Waals surface area contributed by atoms with Gasteiger partial charge in [0.1, 0.15) is 5.75 Å². The predicted octanol–water partition coefficient (Wildman–Crippen LogP) is 2.79. The molecular weight excluding hydrogens is 378 g/mol. The first kappa shape index (κ1) is 18.4. The van der Waals surface area contributed by atoms with E-state index < -0.39 is 0 Å². The third-order valence-electron chi connectivity index (χ3n) is 4.43. The maximum atomic E-state index is 12.4. The molecule has 2 amide bonds. The summed E-state index contributed by atoms with van der Waals surface area (Å²) >= 11 is 1.56. The zero-order valence-electron chi connectivity index (χ0n) is 15.1. The van der Waals surface area contributed by atoms with Crippen molar-refractivity contribution in [2.45, 2.75) is 0 Å². The summed E-state index contributed by atoms with van der Waals surface area (Å²) in [6.07, 6.45) is 0. The Morgan fingerprint density at radius 3 is 2.71 bits per heavy atom. The van der Waals surface area contributed by atoms with Gasteiger partial charge in [-0.15, -0.1) is 11.3 Å². The first-order valence-corrected chi connectivity index (χ1v) is 9.80. The van der Waals surface area contributed by atoms with Crippen LogP contribution in [-0.4, -0.2) is 54.6 Å². The highest BCUT2D eigenvalue weighted by molar-refractivity contribution is 7.16. The normalized spacial score (nSPS) is 14.1. The molecule has 7 nitrogen and oxygen atoms in total. The van der Waals surface area contributed by atoms with E-state index in [0.717, 1.165) is 10.2 Å². The van der Waals surface area contributed by atoms with Gasteiger partial charge in [0.15, 0.2) is 6.61 Å². The summed E-state index contributed by atoms with van der Waals surface area (Å²) in [6, 6.07) is 12.4. The monoisotopic (exact) mass is 397 g/mol. The van der Waals surface area contributed by atoms with Crippen LogP contribution in [0.3, 0.4) is 0 Å². The van der Waals surface area contributed by atoms with E-state index >= 15 is 0 Å². The van der Waals surface area contributed by atoms with E-state index in [1.165, 1.54) is 0 Å². The first-order chi connectivity index (χ1) is 13.7. The van der Waals surface area contributed by atoms with E-state index in [2.05, 4.69) is 10.3 Å². The number of carbonyl (C=O) groups is 2. The average molecular weight is 397 g/mol. The van der Waals surface area contributed by atoms with Crippen molar-refractivity contribution >= 4 is 39.1 Å². The van der Waals surface area contributed by atoms with Crippen LogP contribution in [0.1, 0.15) is 10.4 Å². The lowest BCUT2D eigenvalue weighted by molar-refractivity contribution is -0.137. The third-order valence-corrected chi connectivity index (χ3v) is 5.24. The molecule has 0 spiro atoms. The predicted molar refractivity (Wildman–Crippen MR) is 107 cm³/mol. The molecule has 2 heterocycles. The van der Waals surface area contributed by atoms with E-state index in [-0.39, 0.29) is 18.4 Å². The fraction of sp³-hybridized carbons (Fsp3) is 0.250. The van der Waals surface area contributed by atoms with Crippen LogP contribution in [0.15, 0.2) is 48.0 Å². The molecule has 1 fully saturated rings. The second-order valence-corrected chi connectivity index (χ2v) is 7.18. The number of amides is 2. The molecule has 0 unspecified atom stereocenters. The highest BCUT2D eigenvalue weighted by Crippen LogP contribution is 2.22. The quantitative estimate of drug-likeness (QED) is 0.716. The summed E-state index contributed by atoms with van der Waals surface area (Å²) in [5.41, 5.74) is 3.83. The van der Waals surface area contributed by atoms with Crippen molar-refractivity contribution in [2.24, 2.45) is 0 Å². The number of hydrogen-bond donors (Lipinski definition) is 1. The van der Waals surface area contributed by atoms with Gasteiger partial charge in [0.2, 0.25) is 0 Å². The number of nitrogens with zero attached hydrogens (tertiary/aromatic N) is 2. The van der Waals surface area contributed by atoms with Crippen molar-refractivity contribution in [3.05, 3.63) is 53.5 Å². The van der Waals surface area contributed by atoms with Crippen LogP contribution in [0.2, 0.25) is 0 Å². The van der Waals surface area contributed by atoms with Crippen molar-refractivity contribution < 1.29 is 19.1 Å². The maximum Gasteiger partial charge on any atom is 0.260 e. The number of hydrogen-bond acceptors (Lipinski definition) is 6. The molecule has 0 atom stereocenters. The Morgan fingerprint density at radius 1 is 1.14 bits per heavy atom. The minimum absolute atomic E-state index is 0.0286. The van der Waals surface area contributed by atoms with Gasteiger partial charge in [-0.3, -0.25) is 9.59 Å². The molecule has 0 bridgehead atoms. The highest BCUT2D eigenvalue weighted by atomic mass is 32.1. The number of anilines is 1. The number of rotatable bonds is 5. The van der Waals surface area contributed by atoms with Gasteiger partial charge in [0.05, 0.1) is 28.9 Å². The molecule has 1 aliphatic rings. The number of nitrogens with one attached hydrogen (secondary N) is 1. The maximum absolute atomic E-state index is 12.4. The summed E-state index contributed by atoms with van der Waals surface area (Å²) in [4.78, 5) is 30.5. The average Bonchev–Trinajstić information content (AvgIpc) is 3.21. The molecule has 8 heteroatoms. The minimum Gasteiger partial charge on any atom is -0.484 e. The topological polar surface area (TPSA) is 80.8 Å². The summed E-state index contributed by atoms with van der Waals surface area (Å²) in [6.45, 7) is 2.27. The fourth-order valence-corrected chi connectivity index (χ4v) is 3.55. The number of benzene rings is 2. The van der Waals surface area contributed by atoms with Crippen LogP contribution >= 0.6 is 11.3 Å². The zero-order chi connectivity index (χ0) is 19.3.